The van der Waals surface area contributed by atoms with E-state index in [-0.39, 0.29) is 0 Å². The monoisotopic (exact) mass is 253 g/mol. The Labute approximate surface area is 115 Å². The van der Waals surface area contributed by atoms with Crippen LogP contribution < -0.4 is 5.32 Å². The lowest BCUT2D eigenvalue weighted by molar-refractivity contribution is 0.116. The molecule has 1 nitrogen and oxygen atoms in total. The van der Waals surface area contributed by atoms with E-state index in [1.165, 1.54) is 38.5 Å². The first kappa shape index (κ1) is 16.0. The Hall–Kier alpha value is -0.0400. The van der Waals surface area contributed by atoms with Crippen LogP contribution in [0.25, 0.3) is 0 Å². The van der Waals surface area contributed by atoms with Gasteiger partial charge < -0.3 is 5.32 Å². The van der Waals surface area contributed by atoms with Crippen LogP contribution in [-0.2, 0) is 0 Å². The van der Waals surface area contributed by atoms with Gasteiger partial charge in [-0.15, -0.1) is 0 Å². The number of rotatable bonds is 5. The molecule has 0 aliphatic heterocycles. The van der Waals surface area contributed by atoms with E-state index in [1.54, 1.807) is 0 Å². The number of hydrogen-bond donors (Lipinski definition) is 1. The normalized spacial score (nSPS) is 27.5. The molecule has 18 heavy (non-hydrogen) atoms. The second-order valence-electron chi connectivity index (χ2n) is 7.40. The smallest absolute Gasteiger partial charge is 0.0103 e. The summed E-state index contributed by atoms with van der Waals surface area (Å²) in [6.07, 6.45) is 8.25. The molecule has 1 rings (SSSR count). The highest BCUT2D eigenvalue weighted by atomic mass is 15.0. The Morgan fingerprint density at radius 2 is 1.61 bits per heavy atom. The predicted octanol–water partition coefficient (Wildman–Crippen LogP) is 5.01. The van der Waals surface area contributed by atoms with Crippen molar-refractivity contribution in [1.82, 2.24) is 5.32 Å². The van der Waals surface area contributed by atoms with Crippen LogP contribution in [0.5, 0.6) is 0 Å². The lowest BCUT2D eigenvalue weighted by Crippen LogP contribution is -2.49. The summed E-state index contributed by atoms with van der Waals surface area (Å²) in [7, 11) is 0. The van der Waals surface area contributed by atoms with Crippen molar-refractivity contribution in [2.24, 2.45) is 17.3 Å². The molecule has 3 atom stereocenters. The molecule has 0 aromatic carbocycles. The quantitative estimate of drug-likeness (QED) is 0.726. The SMILES string of the molecule is CCC(CC)C(C)NC1CCCCC1C(C)(C)C. The van der Waals surface area contributed by atoms with E-state index >= 15 is 0 Å². The van der Waals surface area contributed by atoms with Gasteiger partial charge in [0.2, 0.25) is 0 Å². The summed E-state index contributed by atoms with van der Waals surface area (Å²) in [5.74, 6) is 1.69. The van der Waals surface area contributed by atoms with Crippen molar-refractivity contribution in [1.29, 1.82) is 0 Å². The van der Waals surface area contributed by atoms with E-state index in [0.717, 1.165) is 17.9 Å². The van der Waals surface area contributed by atoms with Gasteiger partial charge in [-0.2, -0.15) is 0 Å². The molecule has 3 unspecified atom stereocenters. The maximum Gasteiger partial charge on any atom is 0.0103 e. The van der Waals surface area contributed by atoms with Crippen molar-refractivity contribution in [3.05, 3.63) is 0 Å². The second-order valence-corrected chi connectivity index (χ2v) is 7.40. The topological polar surface area (TPSA) is 12.0 Å². The average Bonchev–Trinajstić information content (AvgIpc) is 2.30. The van der Waals surface area contributed by atoms with Gasteiger partial charge >= 0.3 is 0 Å². The molecule has 0 spiro atoms. The van der Waals surface area contributed by atoms with Crippen LogP contribution in [0.3, 0.4) is 0 Å². The van der Waals surface area contributed by atoms with E-state index in [0.29, 0.717) is 11.5 Å². The molecule has 1 fully saturated rings. The Kier molecular flexibility index (Phi) is 6.17. The summed E-state index contributed by atoms with van der Waals surface area (Å²) in [6, 6.07) is 1.42. The van der Waals surface area contributed by atoms with Crippen molar-refractivity contribution in [2.45, 2.75) is 92.2 Å². The van der Waals surface area contributed by atoms with Crippen LogP contribution >= 0.6 is 0 Å². The zero-order chi connectivity index (χ0) is 13.8. The van der Waals surface area contributed by atoms with Gasteiger partial charge in [0.15, 0.2) is 0 Å². The molecule has 1 heteroatoms. The molecule has 1 N–H and O–H groups in total. The third-order valence-electron chi connectivity index (χ3n) is 5.11. The molecule has 1 aliphatic rings. The molecule has 0 aromatic heterocycles. The van der Waals surface area contributed by atoms with Crippen molar-refractivity contribution in [2.75, 3.05) is 0 Å². The zero-order valence-electron chi connectivity index (χ0n) is 13.6. The molecule has 0 amide bonds. The second kappa shape index (κ2) is 6.93. The van der Waals surface area contributed by atoms with Gasteiger partial charge in [0, 0.05) is 12.1 Å². The van der Waals surface area contributed by atoms with Gasteiger partial charge in [-0.25, -0.2) is 0 Å². The number of nitrogens with one attached hydrogen (secondary N) is 1. The maximum atomic E-state index is 3.98. The van der Waals surface area contributed by atoms with E-state index in [9.17, 15) is 0 Å². The van der Waals surface area contributed by atoms with Crippen LogP contribution in [0.4, 0.5) is 0 Å². The van der Waals surface area contributed by atoms with E-state index in [1.807, 2.05) is 0 Å². The van der Waals surface area contributed by atoms with Crippen LogP contribution in [-0.4, -0.2) is 12.1 Å². The number of hydrogen-bond acceptors (Lipinski definition) is 1. The molecule has 1 saturated carbocycles. The first-order valence-corrected chi connectivity index (χ1v) is 8.16. The molecular weight excluding hydrogens is 218 g/mol. The van der Waals surface area contributed by atoms with Crippen LogP contribution in [0, 0.1) is 17.3 Å². The van der Waals surface area contributed by atoms with Gasteiger partial charge in [0.25, 0.3) is 0 Å². The van der Waals surface area contributed by atoms with Crippen LogP contribution in [0.1, 0.15) is 80.1 Å². The summed E-state index contributed by atoms with van der Waals surface area (Å²) < 4.78 is 0. The highest BCUT2D eigenvalue weighted by molar-refractivity contribution is 4.90. The molecule has 1 aliphatic carbocycles. The molecular formula is C17H35N. The highest BCUT2D eigenvalue weighted by Gasteiger charge is 2.35. The minimum atomic E-state index is 0.450. The van der Waals surface area contributed by atoms with E-state index < -0.39 is 0 Å². The van der Waals surface area contributed by atoms with Gasteiger partial charge in [-0.1, -0.05) is 60.3 Å². The molecule has 108 valence electrons. The first-order valence-electron chi connectivity index (χ1n) is 8.16. The van der Waals surface area contributed by atoms with Crippen molar-refractivity contribution >= 4 is 0 Å². The van der Waals surface area contributed by atoms with E-state index in [2.05, 4.69) is 46.9 Å². The Morgan fingerprint density at radius 1 is 1.06 bits per heavy atom. The molecule has 0 saturated heterocycles. The molecule has 0 heterocycles. The van der Waals surface area contributed by atoms with Crippen LogP contribution in [0.2, 0.25) is 0 Å². The average molecular weight is 253 g/mol. The minimum absolute atomic E-state index is 0.450. The van der Waals surface area contributed by atoms with Gasteiger partial charge in [0.1, 0.15) is 0 Å². The van der Waals surface area contributed by atoms with Gasteiger partial charge in [-0.3, -0.25) is 0 Å². The fraction of sp³-hybridized carbons (Fsp3) is 1.00. The molecule has 0 bridgehead atoms. The van der Waals surface area contributed by atoms with Gasteiger partial charge in [-0.05, 0) is 37.0 Å². The Morgan fingerprint density at radius 3 is 2.11 bits per heavy atom. The first-order chi connectivity index (χ1) is 8.40. The lowest BCUT2D eigenvalue weighted by atomic mass is 9.69. The van der Waals surface area contributed by atoms with Crippen molar-refractivity contribution in [3.8, 4) is 0 Å². The highest BCUT2D eigenvalue weighted by Crippen LogP contribution is 2.38. The van der Waals surface area contributed by atoms with Crippen LogP contribution in [0.15, 0.2) is 0 Å². The summed E-state index contributed by atoms with van der Waals surface area (Å²) in [4.78, 5) is 0. The van der Waals surface area contributed by atoms with Crippen molar-refractivity contribution in [3.63, 3.8) is 0 Å². The Bertz CT molecular complexity index is 224. The summed E-state index contributed by atoms with van der Waals surface area (Å²) in [6.45, 7) is 14.3. The third kappa shape index (κ3) is 4.26. The van der Waals surface area contributed by atoms with E-state index in [4.69, 9.17) is 0 Å². The standard InChI is InChI=1S/C17H35N/c1-7-14(8-2)13(3)18-16-12-10-9-11-15(16)17(4,5)6/h13-16,18H,7-12H2,1-6H3. The zero-order valence-corrected chi connectivity index (χ0v) is 13.6. The van der Waals surface area contributed by atoms with Gasteiger partial charge in [0.05, 0.1) is 0 Å². The fourth-order valence-electron chi connectivity index (χ4n) is 3.84. The predicted molar refractivity (Wildman–Crippen MR) is 81.9 cm³/mol. The minimum Gasteiger partial charge on any atom is -0.311 e. The van der Waals surface area contributed by atoms with Crippen molar-refractivity contribution < 1.29 is 0 Å². The largest absolute Gasteiger partial charge is 0.311 e. The lowest BCUT2D eigenvalue weighted by Gasteiger charge is -2.43. The maximum absolute atomic E-state index is 3.98. The summed E-state index contributed by atoms with van der Waals surface area (Å²) in [5, 5.41) is 3.98. The molecule has 0 radical (unpaired) electrons. The third-order valence-corrected chi connectivity index (χ3v) is 5.11. The fourth-order valence-corrected chi connectivity index (χ4v) is 3.84. The molecule has 0 aromatic rings. The Balaban J connectivity index is 2.62. The summed E-state index contributed by atoms with van der Waals surface area (Å²) >= 11 is 0. The summed E-state index contributed by atoms with van der Waals surface area (Å²) in [5.41, 5.74) is 0.450.